The quantitative estimate of drug-likeness (QED) is 0.151. The zero-order chi connectivity index (χ0) is 17.5. The first-order valence-corrected chi connectivity index (χ1v) is 8.96. The molecule has 2 atom stereocenters. The minimum absolute atomic E-state index is 0.470. The Labute approximate surface area is 150 Å². The molecule has 0 aliphatic rings. The van der Waals surface area contributed by atoms with E-state index in [1.165, 1.54) is 7.05 Å². The maximum absolute atomic E-state index is 10.7. The van der Waals surface area contributed by atoms with Gasteiger partial charge in [0.05, 0.1) is 12.3 Å². The van der Waals surface area contributed by atoms with Crippen LogP contribution in [0.15, 0.2) is 16.5 Å². The van der Waals surface area contributed by atoms with Gasteiger partial charge in [0.15, 0.2) is 0 Å². The van der Waals surface area contributed by atoms with Crippen LogP contribution in [0, 0.1) is 10.1 Å². The summed E-state index contributed by atoms with van der Waals surface area (Å²) in [4.78, 5) is 12.1. The molecule has 1 aromatic rings. The van der Waals surface area contributed by atoms with Gasteiger partial charge in [-0.25, -0.2) is 0 Å². The standard InChI is InChI=1S/C13H22Cl2N4O3S/c1-16-13(15,12(14)19(20)21)17-6-7-23-9-11-5-4-10(22-11)8-18(2)3/h4-5,12,16-17H,6-9H2,1-3H3. The summed E-state index contributed by atoms with van der Waals surface area (Å²) in [6.07, 6.45) is 0. The van der Waals surface area contributed by atoms with E-state index in [0.717, 1.165) is 23.8 Å². The maximum atomic E-state index is 10.7. The second-order valence-corrected chi connectivity index (χ2v) is 7.28. The molecule has 2 unspecified atom stereocenters. The van der Waals surface area contributed by atoms with E-state index in [1.807, 2.05) is 31.1 Å². The van der Waals surface area contributed by atoms with Gasteiger partial charge in [0.2, 0.25) is 5.12 Å². The average molecular weight is 385 g/mol. The third-order valence-electron chi connectivity index (χ3n) is 2.94. The van der Waals surface area contributed by atoms with E-state index in [-0.39, 0.29) is 0 Å². The van der Waals surface area contributed by atoms with Crippen molar-refractivity contribution in [1.82, 2.24) is 15.5 Å². The minimum Gasteiger partial charge on any atom is -0.464 e. The predicted octanol–water partition coefficient (Wildman–Crippen LogP) is 2.12. The van der Waals surface area contributed by atoms with Crippen LogP contribution in [0.1, 0.15) is 11.5 Å². The number of nitro groups is 1. The molecular formula is C13H22Cl2N4O3S. The van der Waals surface area contributed by atoms with Gasteiger partial charge in [-0.2, -0.15) is 11.8 Å². The Kier molecular flexibility index (Phi) is 8.66. The van der Waals surface area contributed by atoms with Crippen LogP contribution in [-0.4, -0.2) is 53.9 Å². The lowest BCUT2D eigenvalue weighted by Crippen LogP contribution is -2.59. The number of thioether (sulfide) groups is 1. The number of likely N-dealkylation sites (N-methyl/N-ethyl adjacent to an activating group) is 1. The lowest BCUT2D eigenvalue weighted by atomic mass is 10.4. The molecular weight excluding hydrogens is 363 g/mol. The van der Waals surface area contributed by atoms with Crippen LogP contribution in [0.25, 0.3) is 0 Å². The van der Waals surface area contributed by atoms with Crippen molar-refractivity contribution in [2.75, 3.05) is 33.4 Å². The number of furan rings is 1. The Balaban J connectivity index is 2.31. The van der Waals surface area contributed by atoms with E-state index < -0.39 is 15.5 Å². The smallest absolute Gasteiger partial charge is 0.331 e. The van der Waals surface area contributed by atoms with Gasteiger partial charge in [0, 0.05) is 17.2 Å². The van der Waals surface area contributed by atoms with Gasteiger partial charge >= 0.3 is 5.50 Å². The summed E-state index contributed by atoms with van der Waals surface area (Å²) in [5, 5.41) is 14.8. The molecule has 0 fully saturated rings. The number of nitrogens with one attached hydrogen (secondary N) is 2. The number of hydrogen-bond donors (Lipinski definition) is 2. The van der Waals surface area contributed by atoms with Gasteiger partial charge in [0.25, 0.3) is 0 Å². The topological polar surface area (TPSA) is 83.6 Å². The molecule has 1 rings (SSSR count). The highest BCUT2D eigenvalue weighted by molar-refractivity contribution is 7.98. The normalized spacial score (nSPS) is 15.6. The summed E-state index contributed by atoms with van der Waals surface area (Å²) in [6.45, 7) is 1.23. The molecule has 0 aromatic carbocycles. The van der Waals surface area contributed by atoms with Gasteiger partial charge in [-0.05, 0) is 44.9 Å². The molecule has 1 aromatic heterocycles. The van der Waals surface area contributed by atoms with Crippen molar-refractivity contribution >= 4 is 35.0 Å². The largest absolute Gasteiger partial charge is 0.464 e. The average Bonchev–Trinajstić information content (AvgIpc) is 2.92. The molecule has 0 saturated heterocycles. The fourth-order valence-electron chi connectivity index (χ4n) is 1.81. The first kappa shape index (κ1) is 20.5. The monoisotopic (exact) mass is 384 g/mol. The number of rotatable bonds is 11. The zero-order valence-electron chi connectivity index (χ0n) is 13.3. The number of hydrogen-bond acceptors (Lipinski definition) is 7. The SMILES string of the molecule is CNC(Cl)(NCCSCc1ccc(CN(C)C)o1)C(Cl)[N+](=O)[O-]. The van der Waals surface area contributed by atoms with Crippen molar-refractivity contribution in [3.05, 3.63) is 33.8 Å². The molecule has 0 aliphatic carbocycles. The van der Waals surface area contributed by atoms with Crippen LogP contribution in [-0.2, 0) is 12.3 Å². The van der Waals surface area contributed by atoms with Crippen LogP contribution in [0.3, 0.4) is 0 Å². The van der Waals surface area contributed by atoms with Crippen LogP contribution < -0.4 is 10.6 Å². The van der Waals surface area contributed by atoms with E-state index in [0.29, 0.717) is 12.3 Å². The van der Waals surface area contributed by atoms with Crippen molar-refractivity contribution < 1.29 is 9.34 Å². The van der Waals surface area contributed by atoms with E-state index in [4.69, 9.17) is 27.6 Å². The van der Waals surface area contributed by atoms with E-state index in [2.05, 4.69) is 10.6 Å². The molecule has 0 aliphatic heterocycles. The molecule has 0 spiro atoms. The van der Waals surface area contributed by atoms with Crippen molar-refractivity contribution in [1.29, 1.82) is 0 Å². The van der Waals surface area contributed by atoms with Gasteiger partial charge in [-0.3, -0.25) is 20.7 Å². The fourth-order valence-corrected chi connectivity index (χ4v) is 2.92. The fraction of sp³-hybridized carbons (Fsp3) is 0.692. The Morgan fingerprint density at radius 2 is 2.13 bits per heavy atom. The molecule has 10 heteroatoms. The highest BCUT2D eigenvalue weighted by atomic mass is 35.5. The molecule has 7 nitrogen and oxygen atoms in total. The maximum Gasteiger partial charge on any atom is 0.331 e. The molecule has 1 heterocycles. The summed E-state index contributed by atoms with van der Waals surface area (Å²) in [5.74, 6) is 3.26. The number of nitrogens with zero attached hydrogens (tertiary/aromatic N) is 2. The highest BCUT2D eigenvalue weighted by Crippen LogP contribution is 2.20. The Hall–Kier alpha value is -0.510. The van der Waals surface area contributed by atoms with Gasteiger partial charge in [-0.1, -0.05) is 11.6 Å². The lowest BCUT2D eigenvalue weighted by Gasteiger charge is -2.26. The van der Waals surface area contributed by atoms with Crippen molar-refractivity contribution in [2.45, 2.75) is 22.9 Å². The third-order valence-corrected chi connectivity index (χ3v) is 5.05. The minimum atomic E-state index is -1.48. The van der Waals surface area contributed by atoms with Gasteiger partial charge in [-0.15, -0.1) is 0 Å². The van der Waals surface area contributed by atoms with E-state index in [1.54, 1.807) is 11.8 Å². The predicted molar refractivity (Wildman–Crippen MR) is 94.5 cm³/mol. The molecule has 132 valence electrons. The van der Waals surface area contributed by atoms with Crippen molar-refractivity contribution in [3.8, 4) is 0 Å². The first-order valence-electron chi connectivity index (χ1n) is 6.99. The summed E-state index contributed by atoms with van der Waals surface area (Å²) < 4.78 is 5.70. The molecule has 0 amide bonds. The first-order chi connectivity index (χ1) is 10.8. The third kappa shape index (κ3) is 6.86. The zero-order valence-corrected chi connectivity index (χ0v) is 15.7. The van der Waals surface area contributed by atoms with E-state index in [9.17, 15) is 10.1 Å². The molecule has 2 N–H and O–H groups in total. The summed E-state index contributed by atoms with van der Waals surface area (Å²) in [5.41, 5.74) is -1.47. The summed E-state index contributed by atoms with van der Waals surface area (Å²) in [7, 11) is 5.48. The second-order valence-electron chi connectivity index (χ2n) is 5.17. The highest BCUT2D eigenvalue weighted by Gasteiger charge is 2.42. The van der Waals surface area contributed by atoms with Crippen molar-refractivity contribution in [3.63, 3.8) is 0 Å². The van der Waals surface area contributed by atoms with Crippen LogP contribution in [0.4, 0.5) is 0 Å². The molecule has 23 heavy (non-hydrogen) atoms. The second kappa shape index (κ2) is 9.71. The van der Waals surface area contributed by atoms with Crippen LogP contribution >= 0.6 is 35.0 Å². The Morgan fingerprint density at radius 1 is 1.48 bits per heavy atom. The van der Waals surface area contributed by atoms with Crippen molar-refractivity contribution in [2.24, 2.45) is 0 Å². The molecule has 0 bridgehead atoms. The van der Waals surface area contributed by atoms with Gasteiger partial charge < -0.3 is 9.32 Å². The van der Waals surface area contributed by atoms with E-state index >= 15 is 0 Å². The summed E-state index contributed by atoms with van der Waals surface area (Å²) in [6, 6.07) is 3.92. The van der Waals surface area contributed by atoms with Gasteiger partial charge in [0.1, 0.15) is 11.5 Å². The molecule has 0 radical (unpaired) electrons. The number of alkyl halides is 2. The van der Waals surface area contributed by atoms with Crippen LogP contribution in [0.2, 0.25) is 0 Å². The van der Waals surface area contributed by atoms with Crippen LogP contribution in [0.5, 0.6) is 0 Å². The Bertz CT molecular complexity index is 503. The number of halogens is 2. The summed E-state index contributed by atoms with van der Waals surface area (Å²) >= 11 is 13.4. The molecule has 0 saturated carbocycles. The Morgan fingerprint density at radius 3 is 2.70 bits per heavy atom. The lowest BCUT2D eigenvalue weighted by molar-refractivity contribution is -0.506.